The molecule has 18 heavy (non-hydrogen) atoms. The Morgan fingerprint density at radius 2 is 2.17 bits per heavy atom. The van der Waals surface area contributed by atoms with Crippen LogP contribution in [0.15, 0.2) is 0 Å². The molecule has 0 aliphatic heterocycles. The number of carbonyl (C=O) groups is 1. The van der Waals surface area contributed by atoms with Gasteiger partial charge in [0.25, 0.3) is 0 Å². The van der Waals surface area contributed by atoms with Crippen molar-refractivity contribution in [2.45, 2.75) is 40.0 Å². The predicted octanol–water partition coefficient (Wildman–Crippen LogP) is 1.54. The maximum absolute atomic E-state index is 12.0. The second-order valence-electron chi connectivity index (χ2n) is 6.08. The Labute approximate surface area is 111 Å². The summed E-state index contributed by atoms with van der Waals surface area (Å²) in [7, 11) is 0. The van der Waals surface area contributed by atoms with Gasteiger partial charge in [0.15, 0.2) is 0 Å². The maximum atomic E-state index is 12.0. The van der Waals surface area contributed by atoms with Gasteiger partial charge in [0.1, 0.15) is 0 Å². The van der Waals surface area contributed by atoms with Gasteiger partial charge >= 0.3 is 0 Å². The highest BCUT2D eigenvalue weighted by molar-refractivity contribution is 5.83. The summed E-state index contributed by atoms with van der Waals surface area (Å²) in [4.78, 5) is 12.0. The average Bonchev–Trinajstić information content (AvgIpc) is 2.28. The molecule has 4 heteroatoms. The molecule has 1 rings (SSSR count). The molecule has 0 saturated heterocycles. The van der Waals surface area contributed by atoms with Crippen molar-refractivity contribution < 1.29 is 9.53 Å². The van der Waals surface area contributed by atoms with Crippen LogP contribution in [0, 0.1) is 17.3 Å². The van der Waals surface area contributed by atoms with E-state index in [2.05, 4.69) is 26.1 Å². The van der Waals surface area contributed by atoms with E-state index in [1.165, 1.54) is 0 Å². The standard InChI is InChI=1S/C14H28N2O2/c1-11(2)9-18-6-4-5-16-13(17)14(10-15)7-12(3)8-14/h11-12H,4-10,15H2,1-3H3,(H,16,17). The summed E-state index contributed by atoms with van der Waals surface area (Å²) in [6.07, 6.45) is 2.73. The van der Waals surface area contributed by atoms with Crippen LogP contribution >= 0.6 is 0 Å². The first-order valence-corrected chi connectivity index (χ1v) is 7.06. The second kappa shape index (κ2) is 7.10. The molecule has 0 spiro atoms. The Kier molecular flexibility index (Phi) is 6.09. The van der Waals surface area contributed by atoms with Crippen LogP contribution in [0.5, 0.6) is 0 Å². The average molecular weight is 256 g/mol. The summed E-state index contributed by atoms with van der Waals surface area (Å²) in [6.45, 7) is 9.08. The van der Waals surface area contributed by atoms with Crippen molar-refractivity contribution in [2.24, 2.45) is 23.0 Å². The van der Waals surface area contributed by atoms with E-state index in [0.29, 0.717) is 31.5 Å². The van der Waals surface area contributed by atoms with Gasteiger partial charge in [-0.15, -0.1) is 0 Å². The van der Waals surface area contributed by atoms with Crippen LogP contribution < -0.4 is 11.1 Å². The third kappa shape index (κ3) is 4.25. The van der Waals surface area contributed by atoms with Crippen molar-refractivity contribution in [3.8, 4) is 0 Å². The topological polar surface area (TPSA) is 64.3 Å². The van der Waals surface area contributed by atoms with Crippen molar-refractivity contribution in [3.63, 3.8) is 0 Å². The Bertz CT molecular complexity index is 261. The molecule has 0 bridgehead atoms. The smallest absolute Gasteiger partial charge is 0.227 e. The van der Waals surface area contributed by atoms with Gasteiger partial charge in [-0.05, 0) is 31.1 Å². The van der Waals surface area contributed by atoms with Crippen LogP contribution in [0.3, 0.4) is 0 Å². The monoisotopic (exact) mass is 256 g/mol. The Morgan fingerprint density at radius 3 is 2.67 bits per heavy atom. The molecule has 0 aromatic carbocycles. The number of hydrogen-bond acceptors (Lipinski definition) is 3. The third-order valence-corrected chi connectivity index (χ3v) is 3.55. The van der Waals surface area contributed by atoms with Gasteiger partial charge in [-0.1, -0.05) is 20.8 Å². The number of carbonyl (C=O) groups excluding carboxylic acids is 1. The largest absolute Gasteiger partial charge is 0.381 e. The quantitative estimate of drug-likeness (QED) is 0.647. The number of hydrogen-bond donors (Lipinski definition) is 2. The van der Waals surface area contributed by atoms with Gasteiger partial charge < -0.3 is 15.8 Å². The molecule has 1 aliphatic rings. The van der Waals surface area contributed by atoms with E-state index in [9.17, 15) is 4.79 Å². The maximum Gasteiger partial charge on any atom is 0.227 e. The number of rotatable bonds is 8. The van der Waals surface area contributed by atoms with E-state index in [4.69, 9.17) is 10.5 Å². The van der Waals surface area contributed by atoms with Crippen molar-refractivity contribution >= 4 is 5.91 Å². The van der Waals surface area contributed by atoms with Crippen molar-refractivity contribution in [2.75, 3.05) is 26.3 Å². The molecule has 4 nitrogen and oxygen atoms in total. The normalized spacial score (nSPS) is 27.1. The van der Waals surface area contributed by atoms with E-state index in [-0.39, 0.29) is 11.3 Å². The van der Waals surface area contributed by atoms with E-state index in [1.54, 1.807) is 0 Å². The van der Waals surface area contributed by atoms with Gasteiger partial charge in [0.05, 0.1) is 5.41 Å². The summed E-state index contributed by atoms with van der Waals surface area (Å²) in [5.41, 5.74) is 5.45. The minimum Gasteiger partial charge on any atom is -0.381 e. The highest BCUT2D eigenvalue weighted by Gasteiger charge is 2.46. The number of ether oxygens (including phenoxy) is 1. The molecular weight excluding hydrogens is 228 g/mol. The Hall–Kier alpha value is -0.610. The van der Waals surface area contributed by atoms with Crippen LogP contribution in [-0.2, 0) is 9.53 Å². The van der Waals surface area contributed by atoms with Crippen molar-refractivity contribution in [1.82, 2.24) is 5.32 Å². The molecule has 0 aromatic rings. The van der Waals surface area contributed by atoms with Crippen molar-refractivity contribution in [1.29, 1.82) is 0 Å². The molecule has 1 aliphatic carbocycles. The molecule has 1 saturated carbocycles. The minimum absolute atomic E-state index is 0.131. The van der Waals surface area contributed by atoms with Gasteiger partial charge in [0.2, 0.25) is 5.91 Å². The summed E-state index contributed by atoms with van der Waals surface area (Å²) in [5, 5.41) is 2.99. The first kappa shape index (κ1) is 15.4. The lowest BCUT2D eigenvalue weighted by Gasteiger charge is -2.44. The molecule has 0 aromatic heterocycles. The third-order valence-electron chi connectivity index (χ3n) is 3.55. The van der Waals surface area contributed by atoms with Gasteiger partial charge in [-0.25, -0.2) is 0 Å². The first-order chi connectivity index (χ1) is 8.50. The van der Waals surface area contributed by atoms with Crippen LogP contribution in [0.4, 0.5) is 0 Å². The van der Waals surface area contributed by atoms with Gasteiger partial charge in [-0.3, -0.25) is 4.79 Å². The predicted molar refractivity (Wildman–Crippen MR) is 73.2 cm³/mol. The summed E-state index contributed by atoms with van der Waals surface area (Å²) in [6, 6.07) is 0. The molecule has 106 valence electrons. The first-order valence-electron chi connectivity index (χ1n) is 7.06. The fraction of sp³-hybridized carbons (Fsp3) is 0.929. The highest BCUT2D eigenvalue weighted by atomic mass is 16.5. The lowest BCUT2D eigenvalue weighted by molar-refractivity contribution is -0.138. The molecule has 0 atom stereocenters. The zero-order valence-electron chi connectivity index (χ0n) is 12.0. The van der Waals surface area contributed by atoms with Crippen LogP contribution in [-0.4, -0.2) is 32.2 Å². The summed E-state index contributed by atoms with van der Waals surface area (Å²) < 4.78 is 5.47. The Balaban J connectivity index is 2.10. The molecule has 1 fully saturated rings. The molecule has 0 radical (unpaired) electrons. The number of nitrogens with two attached hydrogens (primary N) is 1. The van der Waals surface area contributed by atoms with Crippen LogP contribution in [0.1, 0.15) is 40.0 Å². The zero-order chi connectivity index (χ0) is 13.6. The van der Waals surface area contributed by atoms with E-state index >= 15 is 0 Å². The lowest BCUT2D eigenvalue weighted by atomic mass is 9.62. The SMILES string of the molecule is CC(C)COCCCNC(=O)C1(CN)CC(C)C1. The molecule has 3 N–H and O–H groups in total. The van der Waals surface area contributed by atoms with Gasteiger partial charge in [-0.2, -0.15) is 0 Å². The number of amides is 1. The van der Waals surface area contributed by atoms with E-state index in [0.717, 1.165) is 25.9 Å². The number of nitrogens with one attached hydrogen (secondary N) is 1. The molecular formula is C14H28N2O2. The van der Waals surface area contributed by atoms with Gasteiger partial charge in [0, 0.05) is 26.3 Å². The Morgan fingerprint density at radius 1 is 1.50 bits per heavy atom. The van der Waals surface area contributed by atoms with Crippen molar-refractivity contribution in [3.05, 3.63) is 0 Å². The van der Waals surface area contributed by atoms with E-state index < -0.39 is 0 Å². The summed E-state index contributed by atoms with van der Waals surface area (Å²) >= 11 is 0. The fourth-order valence-electron chi connectivity index (χ4n) is 2.60. The molecule has 0 heterocycles. The zero-order valence-corrected chi connectivity index (χ0v) is 12.0. The van der Waals surface area contributed by atoms with Crippen LogP contribution in [0.2, 0.25) is 0 Å². The molecule has 1 amide bonds. The highest BCUT2D eigenvalue weighted by Crippen LogP contribution is 2.44. The fourth-order valence-corrected chi connectivity index (χ4v) is 2.60. The minimum atomic E-state index is -0.280. The second-order valence-corrected chi connectivity index (χ2v) is 6.08. The van der Waals surface area contributed by atoms with Crippen LogP contribution in [0.25, 0.3) is 0 Å². The summed E-state index contributed by atoms with van der Waals surface area (Å²) in [5.74, 6) is 1.33. The van der Waals surface area contributed by atoms with E-state index in [1.807, 2.05) is 0 Å². The molecule has 0 unspecified atom stereocenters. The lowest BCUT2D eigenvalue weighted by Crippen LogP contribution is -2.53.